The second-order valence-corrected chi connectivity index (χ2v) is 10.8. The van der Waals surface area contributed by atoms with Gasteiger partial charge in [-0.15, -0.1) is 0 Å². The van der Waals surface area contributed by atoms with E-state index in [1.807, 2.05) is 36.4 Å². The first-order valence-electron chi connectivity index (χ1n) is 11.5. The van der Waals surface area contributed by atoms with Crippen molar-refractivity contribution < 1.29 is 23.1 Å². The lowest BCUT2D eigenvalue weighted by Crippen LogP contribution is -2.53. The second kappa shape index (κ2) is 10.1. The van der Waals surface area contributed by atoms with Gasteiger partial charge in [0.1, 0.15) is 23.5 Å². The van der Waals surface area contributed by atoms with E-state index in [0.29, 0.717) is 29.8 Å². The van der Waals surface area contributed by atoms with E-state index in [1.165, 1.54) is 24.3 Å². The number of hydrogen-bond donors (Lipinski definition) is 3. The molecule has 3 aromatic carbocycles. The van der Waals surface area contributed by atoms with Crippen LogP contribution in [0.4, 0.5) is 0 Å². The molecule has 1 aliphatic heterocycles. The molecular weight excluding hydrogens is 478 g/mol. The van der Waals surface area contributed by atoms with E-state index in [1.54, 1.807) is 32.0 Å². The fraction of sp³-hybridized carbons (Fsp3) is 0.259. The number of fused-ring (bicyclic) bond motifs is 1. The Morgan fingerprint density at radius 3 is 2.50 bits per heavy atom. The molecule has 9 heteroatoms. The maximum atomic E-state index is 13.2. The van der Waals surface area contributed by atoms with Crippen molar-refractivity contribution in [3.05, 3.63) is 95.1 Å². The van der Waals surface area contributed by atoms with Gasteiger partial charge in [-0.05, 0) is 56.2 Å². The van der Waals surface area contributed by atoms with Crippen molar-refractivity contribution in [2.75, 3.05) is 6.54 Å². The van der Waals surface area contributed by atoms with Crippen LogP contribution in [0.3, 0.4) is 0 Å². The van der Waals surface area contributed by atoms with Gasteiger partial charge in [0.25, 0.3) is 5.91 Å². The smallest absolute Gasteiger partial charge is 0.251 e. The topological polar surface area (TPSA) is 129 Å². The van der Waals surface area contributed by atoms with Crippen LogP contribution in [0, 0.1) is 11.3 Å². The number of hydrogen-bond acceptors (Lipinski definition) is 6. The maximum Gasteiger partial charge on any atom is 0.251 e. The molecule has 1 amide bonds. The quantitative estimate of drug-likeness (QED) is 0.453. The highest BCUT2D eigenvalue weighted by Crippen LogP contribution is 2.41. The summed E-state index contributed by atoms with van der Waals surface area (Å²) in [4.78, 5) is 12.6. The lowest BCUT2D eigenvalue weighted by Gasteiger charge is -2.42. The standard InChI is InChI=1S/C27H27N3O5S/c1-27(2)25(31)24(30-36(33,34)23-11-7-6-10-20(23)17-28)21-16-19(12-13-22(21)35-27)26(32)29-15-14-18-8-4-3-5-9-18/h3-13,16,24-25,30-31H,14-15H2,1-2H3,(H,29,32)/t24-,25+/m1/s1. The minimum atomic E-state index is -4.19. The summed E-state index contributed by atoms with van der Waals surface area (Å²) in [6.45, 7) is 3.72. The molecule has 8 nitrogen and oxygen atoms in total. The van der Waals surface area contributed by atoms with Gasteiger partial charge in [-0.2, -0.15) is 5.26 Å². The zero-order valence-electron chi connectivity index (χ0n) is 19.9. The average molecular weight is 506 g/mol. The minimum absolute atomic E-state index is 0.0161. The van der Waals surface area contributed by atoms with Crippen LogP contribution in [0.25, 0.3) is 0 Å². The van der Waals surface area contributed by atoms with Crippen molar-refractivity contribution in [2.45, 2.75) is 42.9 Å². The van der Waals surface area contributed by atoms with E-state index < -0.39 is 27.8 Å². The van der Waals surface area contributed by atoms with Crippen LogP contribution < -0.4 is 14.8 Å². The van der Waals surface area contributed by atoms with Crippen molar-refractivity contribution >= 4 is 15.9 Å². The number of aliphatic hydroxyl groups excluding tert-OH is 1. The van der Waals surface area contributed by atoms with Crippen molar-refractivity contribution in [3.8, 4) is 11.8 Å². The molecule has 0 bridgehead atoms. The molecule has 0 aromatic heterocycles. The molecule has 3 aromatic rings. The highest BCUT2D eigenvalue weighted by Gasteiger charge is 2.45. The Bertz CT molecular complexity index is 1410. The summed E-state index contributed by atoms with van der Waals surface area (Å²) in [5.74, 6) is 0.0249. The van der Waals surface area contributed by atoms with E-state index in [0.717, 1.165) is 5.56 Å². The van der Waals surface area contributed by atoms with Crippen LogP contribution >= 0.6 is 0 Å². The van der Waals surface area contributed by atoms with Crippen molar-refractivity contribution in [1.29, 1.82) is 5.26 Å². The Kier molecular flexibility index (Phi) is 7.13. The van der Waals surface area contributed by atoms with Crippen molar-refractivity contribution in [2.24, 2.45) is 0 Å². The number of sulfonamides is 1. The first-order valence-corrected chi connectivity index (χ1v) is 13.0. The molecule has 36 heavy (non-hydrogen) atoms. The molecule has 0 radical (unpaired) electrons. The summed E-state index contributed by atoms with van der Waals surface area (Å²) >= 11 is 0. The van der Waals surface area contributed by atoms with Crippen LogP contribution in [-0.2, 0) is 16.4 Å². The monoisotopic (exact) mass is 505 g/mol. The number of nitriles is 1. The van der Waals surface area contributed by atoms with Crippen LogP contribution in [-0.4, -0.2) is 37.7 Å². The fourth-order valence-corrected chi connectivity index (χ4v) is 5.54. The summed E-state index contributed by atoms with van der Waals surface area (Å²) in [6.07, 6.45) is -0.612. The molecule has 0 fully saturated rings. The summed E-state index contributed by atoms with van der Waals surface area (Å²) in [5, 5.41) is 23.3. The zero-order chi connectivity index (χ0) is 25.9. The molecule has 0 aliphatic carbocycles. The van der Waals surface area contributed by atoms with E-state index in [-0.39, 0.29) is 16.4 Å². The van der Waals surface area contributed by atoms with Gasteiger partial charge < -0.3 is 15.2 Å². The minimum Gasteiger partial charge on any atom is -0.485 e. The number of amides is 1. The van der Waals surface area contributed by atoms with Gasteiger partial charge in [-0.25, -0.2) is 13.1 Å². The van der Waals surface area contributed by atoms with Crippen molar-refractivity contribution in [1.82, 2.24) is 10.0 Å². The summed E-state index contributed by atoms with van der Waals surface area (Å²) in [5.41, 5.74) is 0.593. The number of nitrogens with zero attached hydrogens (tertiary/aromatic N) is 1. The largest absolute Gasteiger partial charge is 0.485 e. The Morgan fingerprint density at radius 1 is 1.08 bits per heavy atom. The molecular formula is C27H27N3O5S. The fourth-order valence-electron chi connectivity index (χ4n) is 4.16. The number of aliphatic hydroxyl groups is 1. The SMILES string of the molecule is CC1(C)Oc2ccc(C(=O)NCCc3ccccc3)cc2[C@@H](NS(=O)(=O)c2ccccc2C#N)[C@@H]1O. The molecule has 0 saturated carbocycles. The predicted octanol–water partition coefficient (Wildman–Crippen LogP) is 3.08. The molecule has 4 rings (SSSR count). The molecule has 0 unspecified atom stereocenters. The molecule has 186 valence electrons. The first kappa shape index (κ1) is 25.4. The Hall–Kier alpha value is -3.71. The van der Waals surface area contributed by atoms with Crippen LogP contribution in [0.2, 0.25) is 0 Å². The Labute approximate surface area is 210 Å². The molecule has 1 aliphatic rings. The third-order valence-electron chi connectivity index (χ3n) is 6.13. The van der Waals surface area contributed by atoms with Gasteiger partial charge in [0.15, 0.2) is 0 Å². The van der Waals surface area contributed by atoms with Crippen molar-refractivity contribution in [3.63, 3.8) is 0 Å². The highest BCUT2D eigenvalue weighted by molar-refractivity contribution is 7.89. The van der Waals surface area contributed by atoms with Crippen LogP contribution in [0.5, 0.6) is 5.75 Å². The third-order valence-corrected chi connectivity index (χ3v) is 7.63. The van der Waals surface area contributed by atoms with Crippen LogP contribution in [0.1, 0.15) is 46.9 Å². The Balaban J connectivity index is 1.61. The van der Waals surface area contributed by atoms with Gasteiger partial charge in [-0.1, -0.05) is 42.5 Å². The lowest BCUT2D eigenvalue weighted by molar-refractivity contribution is -0.0603. The van der Waals surface area contributed by atoms with Gasteiger partial charge in [0.2, 0.25) is 10.0 Å². The molecule has 1 heterocycles. The van der Waals surface area contributed by atoms with E-state index in [9.17, 15) is 23.6 Å². The molecule has 3 N–H and O–H groups in total. The van der Waals surface area contributed by atoms with E-state index in [2.05, 4.69) is 10.0 Å². The average Bonchev–Trinajstić information content (AvgIpc) is 2.87. The predicted molar refractivity (Wildman–Crippen MR) is 134 cm³/mol. The maximum absolute atomic E-state index is 13.2. The summed E-state index contributed by atoms with van der Waals surface area (Å²) < 4.78 is 35.0. The molecule has 0 saturated heterocycles. The summed E-state index contributed by atoms with van der Waals surface area (Å²) in [7, 11) is -4.19. The lowest BCUT2D eigenvalue weighted by atomic mass is 9.86. The highest BCUT2D eigenvalue weighted by atomic mass is 32.2. The van der Waals surface area contributed by atoms with E-state index >= 15 is 0 Å². The number of carbonyl (C=O) groups excluding carboxylic acids is 1. The molecule has 0 spiro atoms. The summed E-state index contributed by atoms with van der Waals surface area (Å²) in [6, 6.07) is 21.1. The number of benzene rings is 3. The number of carbonyl (C=O) groups is 1. The first-order chi connectivity index (χ1) is 17.1. The molecule has 2 atom stereocenters. The third kappa shape index (κ3) is 5.26. The van der Waals surface area contributed by atoms with Gasteiger partial charge in [0, 0.05) is 17.7 Å². The van der Waals surface area contributed by atoms with E-state index in [4.69, 9.17) is 4.74 Å². The van der Waals surface area contributed by atoms with Crippen LogP contribution in [0.15, 0.2) is 77.7 Å². The normalized spacial score (nSPS) is 18.4. The number of nitrogens with one attached hydrogen (secondary N) is 2. The zero-order valence-corrected chi connectivity index (χ0v) is 20.7. The van der Waals surface area contributed by atoms with Gasteiger partial charge in [0.05, 0.1) is 16.5 Å². The number of ether oxygens (including phenoxy) is 1. The Morgan fingerprint density at radius 2 is 1.78 bits per heavy atom. The van der Waals surface area contributed by atoms with Gasteiger partial charge >= 0.3 is 0 Å². The van der Waals surface area contributed by atoms with Gasteiger partial charge in [-0.3, -0.25) is 4.79 Å². The second-order valence-electron chi connectivity index (χ2n) is 9.10. The number of rotatable bonds is 7.